The van der Waals surface area contributed by atoms with Gasteiger partial charge in [0.25, 0.3) is 0 Å². The van der Waals surface area contributed by atoms with Gasteiger partial charge in [-0.25, -0.2) is 4.98 Å². The molecule has 0 unspecified atom stereocenters. The average molecular weight is 279 g/mol. The molecule has 0 aliphatic carbocycles. The van der Waals surface area contributed by atoms with Crippen molar-refractivity contribution in [1.29, 1.82) is 0 Å². The monoisotopic (exact) mass is 279 g/mol. The first-order chi connectivity index (χ1) is 9.20. The predicted octanol–water partition coefficient (Wildman–Crippen LogP) is 1.43. The first-order valence-corrected chi connectivity index (χ1v) is 6.75. The van der Waals surface area contributed by atoms with Crippen molar-refractivity contribution in [2.24, 2.45) is 5.41 Å². The van der Waals surface area contributed by atoms with Gasteiger partial charge in [0.1, 0.15) is 5.82 Å². The molecule has 1 aromatic heterocycles. The summed E-state index contributed by atoms with van der Waals surface area (Å²) in [5, 5.41) is 6.00. The molecule has 0 aliphatic heterocycles. The van der Waals surface area contributed by atoms with Gasteiger partial charge in [-0.1, -0.05) is 20.8 Å². The summed E-state index contributed by atoms with van der Waals surface area (Å²) < 4.78 is 0. The highest BCUT2D eigenvalue weighted by Gasteiger charge is 2.20. The highest BCUT2D eigenvalue weighted by atomic mass is 16.2. The maximum atomic E-state index is 11.7. The number of aryl methyl sites for hydroxylation is 1. The molecular formula is C14H25N5O. The van der Waals surface area contributed by atoms with Gasteiger partial charge < -0.3 is 15.5 Å². The van der Waals surface area contributed by atoms with Crippen LogP contribution in [0.25, 0.3) is 0 Å². The van der Waals surface area contributed by atoms with Crippen LogP contribution in [0.1, 0.15) is 26.5 Å². The number of carbonyl (C=O) groups is 1. The second kappa shape index (κ2) is 6.54. The maximum Gasteiger partial charge on any atom is 0.225 e. The standard InChI is InChI=1S/C14H25N5O/c1-10-9-11(19(5)6)18-13(17-10)16-8-7-15-12(20)14(2,3)4/h9H,7-8H2,1-6H3,(H,15,20)(H,16,17,18). The van der Waals surface area contributed by atoms with E-state index in [2.05, 4.69) is 20.6 Å². The Bertz CT molecular complexity index is 465. The Morgan fingerprint density at radius 1 is 1.25 bits per heavy atom. The molecule has 0 saturated carbocycles. The number of aromatic nitrogens is 2. The summed E-state index contributed by atoms with van der Waals surface area (Å²) in [6, 6.07) is 1.92. The van der Waals surface area contributed by atoms with E-state index in [1.54, 1.807) is 0 Å². The van der Waals surface area contributed by atoms with E-state index in [0.29, 0.717) is 19.0 Å². The lowest BCUT2D eigenvalue weighted by Crippen LogP contribution is -2.37. The molecule has 0 spiro atoms. The summed E-state index contributed by atoms with van der Waals surface area (Å²) >= 11 is 0. The van der Waals surface area contributed by atoms with E-state index in [-0.39, 0.29) is 11.3 Å². The number of anilines is 2. The third-order valence-electron chi connectivity index (χ3n) is 2.67. The zero-order valence-corrected chi connectivity index (χ0v) is 13.2. The van der Waals surface area contributed by atoms with Gasteiger partial charge in [-0.2, -0.15) is 4.98 Å². The molecule has 0 bridgehead atoms. The van der Waals surface area contributed by atoms with Gasteiger partial charge in [0.05, 0.1) is 0 Å². The topological polar surface area (TPSA) is 70.2 Å². The highest BCUT2D eigenvalue weighted by Crippen LogP contribution is 2.13. The number of hydrogen-bond acceptors (Lipinski definition) is 5. The Kier molecular flexibility index (Phi) is 5.30. The molecule has 0 atom stereocenters. The minimum absolute atomic E-state index is 0.0402. The van der Waals surface area contributed by atoms with Gasteiger partial charge in [-0.3, -0.25) is 4.79 Å². The van der Waals surface area contributed by atoms with Gasteiger partial charge in [0.2, 0.25) is 11.9 Å². The molecule has 0 saturated heterocycles. The Morgan fingerprint density at radius 2 is 1.90 bits per heavy atom. The van der Waals surface area contributed by atoms with Gasteiger partial charge in [-0.05, 0) is 6.92 Å². The largest absolute Gasteiger partial charge is 0.363 e. The molecule has 1 rings (SSSR count). The summed E-state index contributed by atoms with van der Waals surface area (Å²) in [6.07, 6.45) is 0. The quantitative estimate of drug-likeness (QED) is 0.798. The van der Waals surface area contributed by atoms with E-state index >= 15 is 0 Å². The van der Waals surface area contributed by atoms with Crippen LogP contribution < -0.4 is 15.5 Å². The molecule has 0 radical (unpaired) electrons. The zero-order valence-electron chi connectivity index (χ0n) is 13.2. The number of nitrogens with one attached hydrogen (secondary N) is 2. The van der Waals surface area contributed by atoms with Crippen LogP contribution in [-0.4, -0.2) is 43.1 Å². The molecule has 6 heteroatoms. The molecule has 2 N–H and O–H groups in total. The van der Waals surface area contributed by atoms with Crippen molar-refractivity contribution in [1.82, 2.24) is 15.3 Å². The molecule has 6 nitrogen and oxygen atoms in total. The summed E-state index contributed by atoms with van der Waals surface area (Å²) in [5.41, 5.74) is 0.544. The lowest BCUT2D eigenvalue weighted by Gasteiger charge is -2.18. The third kappa shape index (κ3) is 5.03. The zero-order chi connectivity index (χ0) is 15.3. The molecule has 1 aromatic rings. The summed E-state index contributed by atoms with van der Waals surface area (Å²) in [7, 11) is 3.88. The number of carbonyl (C=O) groups excluding carboxylic acids is 1. The minimum Gasteiger partial charge on any atom is -0.363 e. The number of rotatable bonds is 5. The van der Waals surface area contributed by atoms with Gasteiger partial charge in [0.15, 0.2) is 0 Å². The van der Waals surface area contributed by atoms with Crippen LogP contribution in [0, 0.1) is 12.3 Å². The van der Waals surface area contributed by atoms with Crippen molar-refractivity contribution in [2.45, 2.75) is 27.7 Å². The van der Waals surface area contributed by atoms with Crippen LogP contribution in [0.3, 0.4) is 0 Å². The van der Waals surface area contributed by atoms with E-state index in [0.717, 1.165) is 11.5 Å². The van der Waals surface area contributed by atoms with Crippen LogP contribution in [-0.2, 0) is 4.79 Å². The van der Waals surface area contributed by atoms with Crippen molar-refractivity contribution < 1.29 is 4.79 Å². The van der Waals surface area contributed by atoms with E-state index < -0.39 is 0 Å². The number of amides is 1. The van der Waals surface area contributed by atoms with E-state index in [4.69, 9.17) is 0 Å². The Labute approximate surface area is 121 Å². The van der Waals surface area contributed by atoms with E-state index in [9.17, 15) is 4.79 Å². The van der Waals surface area contributed by atoms with Crippen molar-refractivity contribution >= 4 is 17.7 Å². The number of nitrogens with zero attached hydrogens (tertiary/aromatic N) is 3. The molecule has 112 valence electrons. The van der Waals surface area contributed by atoms with Crippen LogP contribution in [0.4, 0.5) is 11.8 Å². The molecular weight excluding hydrogens is 254 g/mol. The first-order valence-electron chi connectivity index (χ1n) is 6.75. The van der Waals surface area contributed by atoms with Crippen molar-refractivity contribution in [2.75, 3.05) is 37.4 Å². The van der Waals surface area contributed by atoms with Gasteiger partial charge >= 0.3 is 0 Å². The molecule has 0 aliphatic rings. The summed E-state index contributed by atoms with van der Waals surface area (Å²) in [5.74, 6) is 1.48. The molecule has 1 amide bonds. The second-order valence-corrected chi connectivity index (χ2v) is 6.02. The van der Waals surface area contributed by atoms with Crippen molar-refractivity contribution in [3.05, 3.63) is 11.8 Å². The Morgan fingerprint density at radius 3 is 2.45 bits per heavy atom. The SMILES string of the molecule is Cc1cc(N(C)C)nc(NCCNC(=O)C(C)(C)C)n1. The fraction of sp³-hybridized carbons (Fsp3) is 0.643. The van der Waals surface area contributed by atoms with Gasteiger partial charge in [0, 0.05) is 44.4 Å². The number of hydrogen-bond donors (Lipinski definition) is 2. The van der Waals surface area contributed by atoms with E-state index in [1.165, 1.54) is 0 Å². The molecule has 0 aromatic carbocycles. The molecule has 1 heterocycles. The highest BCUT2D eigenvalue weighted by molar-refractivity contribution is 5.81. The Hall–Kier alpha value is -1.85. The normalized spacial score (nSPS) is 11.1. The van der Waals surface area contributed by atoms with E-state index in [1.807, 2.05) is 52.8 Å². The van der Waals surface area contributed by atoms with Crippen LogP contribution in [0.5, 0.6) is 0 Å². The summed E-state index contributed by atoms with van der Waals surface area (Å²) in [4.78, 5) is 22.3. The average Bonchev–Trinajstić information content (AvgIpc) is 2.32. The summed E-state index contributed by atoms with van der Waals surface area (Å²) in [6.45, 7) is 8.75. The van der Waals surface area contributed by atoms with Crippen LogP contribution >= 0.6 is 0 Å². The second-order valence-electron chi connectivity index (χ2n) is 6.02. The molecule has 0 fully saturated rings. The minimum atomic E-state index is -0.363. The lowest BCUT2D eigenvalue weighted by atomic mass is 9.96. The smallest absolute Gasteiger partial charge is 0.225 e. The molecule has 20 heavy (non-hydrogen) atoms. The van der Waals surface area contributed by atoms with Crippen molar-refractivity contribution in [3.8, 4) is 0 Å². The van der Waals surface area contributed by atoms with Gasteiger partial charge in [-0.15, -0.1) is 0 Å². The van der Waals surface area contributed by atoms with Crippen LogP contribution in [0.2, 0.25) is 0 Å². The van der Waals surface area contributed by atoms with Crippen LogP contribution in [0.15, 0.2) is 6.07 Å². The first kappa shape index (κ1) is 16.2. The Balaban J connectivity index is 2.49. The lowest BCUT2D eigenvalue weighted by molar-refractivity contribution is -0.128. The fourth-order valence-corrected chi connectivity index (χ4v) is 1.48. The predicted molar refractivity (Wildman–Crippen MR) is 82.1 cm³/mol. The maximum absolute atomic E-state index is 11.7. The van der Waals surface area contributed by atoms with Crippen molar-refractivity contribution in [3.63, 3.8) is 0 Å². The third-order valence-corrected chi connectivity index (χ3v) is 2.67. The fourth-order valence-electron chi connectivity index (χ4n) is 1.48.